The number of nitrogens with two attached hydrogens (primary N) is 1. The lowest BCUT2D eigenvalue weighted by Crippen LogP contribution is -1.99. The highest BCUT2D eigenvalue weighted by Gasteiger charge is 2.14. The summed E-state index contributed by atoms with van der Waals surface area (Å²) in [6.07, 6.45) is 0. The summed E-state index contributed by atoms with van der Waals surface area (Å²) in [6, 6.07) is 12.1. The van der Waals surface area contributed by atoms with Crippen LogP contribution in [0.5, 0.6) is 0 Å². The predicted molar refractivity (Wildman–Crippen MR) is 75.8 cm³/mol. The summed E-state index contributed by atoms with van der Waals surface area (Å²) in [5.74, 6) is 0. The summed E-state index contributed by atoms with van der Waals surface area (Å²) in [5.41, 5.74) is 9.36. The highest BCUT2D eigenvalue weighted by atomic mass is 79.9. The van der Waals surface area contributed by atoms with E-state index in [-0.39, 0.29) is 0 Å². The van der Waals surface area contributed by atoms with Crippen LogP contribution < -0.4 is 5.73 Å². The van der Waals surface area contributed by atoms with Crippen molar-refractivity contribution in [1.29, 1.82) is 5.26 Å². The molecular formula is C14H14BrN3. The van der Waals surface area contributed by atoms with E-state index in [2.05, 4.69) is 33.5 Å². The van der Waals surface area contributed by atoms with Gasteiger partial charge in [-0.1, -0.05) is 24.3 Å². The van der Waals surface area contributed by atoms with Gasteiger partial charge < -0.3 is 10.3 Å². The number of halogens is 1. The van der Waals surface area contributed by atoms with Crippen LogP contribution in [0.2, 0.25) is 0 Å². The number of benzene rings is 1. The Morgan fingerprint density at radius 1 is 1.33 bits per heavy atom. The number of aromatic nitrogens is 1. The van der Waals surface area contributed by atoms with Crippen LogP contribution in [0.15, 0.2) is 34.9 Å². The van der Waals surface area contributed by atoms with Gasteiger partial charge in [0.1, 0.15) is 6.07 Å². The average molecular weight is 304 g/mol. The number of nitriles is 1. The van der Waals surface area contributed by atoms with Crippen molar-refractivity contribution in [1.82, 2.24) is 4.57 Å². The van der Waals surface area contributed by atoms with Crippen molar-refractivity contribution in [2.75, 3.05) is 0 Å². The summed E-state index contributed by atoms with van der Waals surface area (Å²) in [4.78, 5) is 0. The normalized spacial score (nSPS) is 10.3. The molecule has 0 aliphatic rings. The SMILES string of the molecule is CCn1c(Br)cc(C#N)c1-c1ccc(CN)cc1. The van der Waals surface area contributed by atoms with Crippen LogP contribution in [0.3, 0.4) is 0 Å². The number of rotatable bonds is 3. The number of nitrogens with zero attached hydrogens (tertiary/aromatic N) is 2. The van der Waals surface area contributed by atoms with Crippen molar-refractivity contribution in [3.05, 3.63) is 46.1 Å². The van der Waals surface area contributed by atoms with Crippen LogP contribution >= 0.6 is 15.9 Å². The molecule has 0 amide bonds. The minimum atomic E-state index is 0.532. The maximum Gasteiger partial charge on any atom is 0.101 e. The van der Waals surface area contributed by atoms with Gasteiger partial charge in [0.05, 0.1) is 15.9 Å². The van der Waals surface area contributed by atoms with Gasteiger partial charge in [-0.05, 0) is 40.0 Å². The summed E-state index contributed by atoms with van der Waals surface area (Å²) < 4.78 is 3.01. The van der Waals surface area contributed by atoms with Gasteiger partial charge in [0, 0.05) is 13.1 Å². The molecule has 2 aromatic rings. The topological polar surface area (TPSA) is 54.7 Å². The largest absolute Gasteiger partial charge is 0.334 e. The van der Waals surface area contributed by atoms with Gasteiger partial charge in [0.25, 0.3) is 0 Å². The molecule has 0 atom stereocenters. The Labute approximate surface area is 115 Å². The molecule has 0 saturated heterocycles. The van der Waals surface area contributed by atoms with Crippen LogP contribution in [-0.4, -0.2) is 4.57 Å². The minimum Gasteiger partial charge on any atom is -0.334 e. The monoisotopic (exact) mass is 303 g/mol. The molecule has 3 nitrogen and oxygen atoms in total. The minimum absolute atomic E-state index is 0.532. The van der Waals surface area contributed by atoms with Crippen molar-refractivity contribution < 1.29 is 0 Å². The average Bonchev–Trinajstić information content (AvgIpc) is 2.74. The molecule has 18 heavy (non-hydrogen) atoms. The van der Waals surface area contributed by atoms with Crippen molar-refractivity contribution in [2.24, 2.45) is 5.73 Å². The standard InChI is InChI=1S/C14H14BrN3/c1-2-18-13(15)7-12(9-17)14(18)11-5-3-10(8-16)4-6-11/h3-7H,2,8,16H2,1H3. The summed E-state index contributed by atoms with van der Waals surface area (Å²) >= 11 is 3.49. The highest BCUT2D eigenvalue weighted by molar-refractivity contribution is 9.10. The molecule has 1 heterocycles. The number of hydrogen-bond donors (Lipinski definition) is 1. The lowest BCUT2D eigenvalue weighted by Gasteiger charge is -2.09. The second-order valence-electron chi connectivity index (χ2n) is 3.99. The van der Waals surface area contributed by atoms with Gasteiger partial charge in [0.15, 0.2) is 0 Å². The molecule has 0 saturated carbocycles. The maximum absolute atomic E-state index is 9.21. The van der Waals surface area contributed by atoms with Gasteiger partial charge >= 0.3 is 0 Å². The lowest BCUT2D eigenvalue weighted by molar-refractivity contribution is 0.759. The Morgan fingerprint density at radius 3 is 2.50 bits per heavy atom. The Hall–Kier alpha value is -1.57. The molecule has 1 aromatic heterocycles. The van der Waals surface area contributed by atoms with E-state index in [0.717, 1.165) is 28.0 Å². The second kappa shape index (κ2) is 5.38. The summed E-state index contributed by atoms with van der Waals surface area (Å²) in [7, 11) is 0. The number of hydrogen-bond acceptors (Lipinski definition) is 2. The van der Waals surface area contributed by atoms with Crippen molar-refractivity contribution in [3.63, 3.8) is 0 Å². The molecule has 2 N–H and O–H groups in total. The van der Waals surface area contributed by atoms with E-state index < -0.39 is 0 Å². The van der Waals surface area contributed by atoms with Gasteiger partial charge in [-0.15, -0.1) is 0 Å². The molecule has 0 unspecified atom stereocenters. The first-order valence-electron chi connectivity index (χ1n) is 5.79. The molecule has 0 aliphatic heterocycles. The van der Waals surface area contributed by atoms with Crippen LogP contribution in [-0.2, 0) is 13.1 Å². The van der Waals surface area contributed by atoms with Crippen LogP contribution in [0, 0.1) is 11.3 Å². The molecule has 0 fully saturated rings. The van der Waals surface area contributed by atoms with Crippen molar-refractivity contribution in [2.45, 2.75) is 20.0 Å². The molecule has 0 aliphatic carbocycles. The van der Waals surface area contributed by atoms with Crippen LogP contribution in [0.4, 0.5) is 0 Å². The summed E-state index contributed by atoms with van der Waals surface area (Å²) in [5, 5.41) is 9.21. The molecule has 4 heteroatoms. The van der Waals surface area contributed by atoms with Crippen molar-refractivity contribution >= 4 is 15.9 Å². The smallest absolute Gasteiger partial charge is 0.101 e. The van der Waals surface area contributed by atoms with E-state index in [4.69, 9.17) is 5.73 Å². The van der Waals surface area contributed by atoms with Gasteiger partial charge in [-0.25, -0.2) is 0 Å². The Balaban J connectivity index is 2.58. The van der Waals surface area contributed by atoms with Gasteiger partial charge in [-0.2, -0.15) is 5.26 Å². The quantitative estimate of drug-likeness (QED) is 0.946. The first-order chi connectivity index (χ1) is 8.71. The zero-order chi connectivity index (χ0) is 13.1. The Kier molecular flexibility index (Phi) is 3.85. The van der Waals surface area contributed by atoms with Crippen LogP contribution in [0.25, 0.3) is 11.3 Å². The second-order valence-corrected chi connectivity index (χ2v) is 4.80. The fraction of sp³-hybridized carbons (Fsp3) is 0.214. The van der Waals surface area contributed by atoms with E-state index in [0.29, 0.717) is 12.1 Å². The molecule has 0 spiro atoms. The summed E-state index contributed by atoms with van der Waals surface area (Å²) in [6.45, 7) is 3.41. The molecule has 0 bridgehead atoms. The van der Waals surface area contributed by atoms with E-state index in [9.17, 15) is 5.26 Å². The Morgan fingerprint density at radius 2 is 2.00 bits per heavy atom. The van der Waals surface area contributed by atoms with E-state index >= 15 is 0 Å². The zero-order valence-corrected chi connectivity index (χ0v) is 11.7. The molecule has 92 valence electrons. The third-order valence-electron chi connectivity index (χ3n) is 2.95. The van der Waals surface area contributed by atoms with E-state index in [1.807, 2.05) is 30.3 Å². The highest BCUT2D eigenvalue weighted by Crippen LogP contribution is 2.30. The fourth-order valence-corrected chi connectivity index (χ4v) is 2.68. The van der Waals surface area contributed by atoms with Gasteiger partial charge in [-0.3, -0.25) is 0 Å². The molecule has 1 aromatic carbocycles. The molecule has 0 radical (unpaired) electrons. The maximum atomic E-state index is 9.21. The van der Waals surface area contributed by atoms with Crippen molar-refractivity contribution in [3.8, 4) is 17.3 Å². The zero-order valence-electron chi connectivity index (χ0n) is 10.2. The van der Waals surface area contributed by atoms with E-state index in [1.165, 1.54) is 0 Å². The lowest BCUT2D eigenvalue weighted by atomic mass is 10.1. The third-order valence-corrected chi connectivity index (χ3v) is 3.60. The Bertz CT molecular complexity index is 591. The van der Waals surface area contributed by atoms with E-state index in [1.54, 1.807) is 0 Å². The molecular weight excluding hydrogens is 290 g/mol. The first-order valence-corrected chi connectivity index (χ1v) is 6.59. The van der Waals surface area contributed by atoms with Crippen LogP contribution in [0.1, 0.15) is 18.1 Å². The molecule has 2 rings (SSSR count). The predicted octanol–water partition coefficient (Wildman–Crippen LogP) is 3.27. The third kappa shape index (κ3) is 2.20. The fourth-order valence-electron chi connectivity index (χ4n) is 2.02. The van der Waals surface area contributed by atoms with Gasteiger partial charge in [0.2, 0.25) is 0 Å². The first kappa shape index (κ1) is 12.9.